The zero-order valence-electron chi connectivity index (χ0n) is 15.1. The van der Waals surface area contributed by atoms with E-state index < -0.39 is 23.6 Å². The van der Waals surface area contributed by atoms with E-state index in [1.165, 1.54) is 6.07 Å². The van der Waals surface area contributed by atoms with Crippen molar-refractivity contribution < 1.29 is 13.6 Å². The maximum Gasteiger partial charge on any atom is 0.273 e. The van der Waals surface area contributed by atoms with Gasteiger partial charge in [-0.1, -0.05) is 12.1 Å². The molecule has 1 atom stereocenters. The van der Waals surface area contributed by atoms with Crippen molar-refractivity contribution in [3.63, 3.8) is 0 Å². The van der Waals surface area contributed by atoms with Gasteiger partial charge in [0.1, 0.15) is 17.7 Å². The van der Waals surface area contributed by atoms with Crippen molar-refractivity contribution in [3.05, 3.63) is 76.2 Å². The number of halogens is 2. The SMILES string of the molecule is Cc1cc(=O)nc2c3ccccc3n([C@H](C)C(=O)Nc3cc(F)ccc3F)n12. The number of hydrogen-bond donors (Lipinski definition) is 1. The van der Waals surface area contributed by atoms with Gasteiger partial charge in [-0.15, -0.1) is 0 Å². The molecular formula is C20H16F2N4O2. The Bertz CT molecular complexity index is 1290. The molecular weight excluding hydrogens is 366 g/mol. The summed E-state index contributed by atoms with van der Waals surface area (Å²) in [7, 11) is 0. The number of amides is 1. The number of anilines is 1. The Balaban J connectivity index is 1.86. The van der Waals surface area contributed by atoms with E-state index in [1.54, 1.807) is 29.1 Å². The third-order valence-corrected chi connectivity index (χ3v) is 4.62. The van der Waals surface area contributed by atoms with Crippen molar-refractivity contribution >= 4 is 28.1 Å². The highest BCUT2D eigenvalue weighted by Crippen LogP contribution is 2.26. The van der Waals surface area contributed by atoms with Crippen molar-refractivity contribution in [1.82, 2.24) is 14.2 Å². The molecule has 4 rings (SSSR count). The normalized spacial score (nSPS) is 12.4. The minimum Gasteiger partial charge on any atom is -0.322 e. The van der Waals surface area contributed by atoms with Crippen molar-refractivity contribution in [3.8, 4) is 0 Å². The maximum atomic E-state index is 13.9. The summed E-state index contributed by atoms with van der Waals surface area (Å²) >= 11 is 0. The van der Waals surface area contributed by atoms with Crippen LogP contribution in [-0.2, 0) is 4.79 Å². The molecule has 8 heteroatoms. The number of para-hydroxylation sites is 1. The second kappa shape index (κ2) is 6.56. The lowest BCUT2D eigenvalue weighted by Gasteiger charge is -2.18. The summed E-state index contributed by atoms with van der Waals surface area (Å²) in [5, 5.41) is 3.14. The number of aromatic nitrogens is 3. The lowest BCUT2D eigenvalue weighted by atomic mass is 10.2. The Morgan fingerprint density at radius 2 is 1.89 bits per heavy atom. The van der Waals surface area contributed by atoms with Crippen molar-refractivity contribution in [1.29, 1.82) is 0 Å². The van der Waals surface area contributed by atoms with Crippen LogP contribution in [0.15, 0.2) is 53.3 Å². The second-order valence-electron chi connectivity index (χ2n) is 6.52. The van der Waals surface area contributed by atoms with Crippen LogP contribution in [0, 0.1) is 18.6 Å². The first kappa shape index (κ1) is 17.8. The van der Waals surface area contributed by atoms with Gasteiger partial charge in [0.15, 0.2) is 5.65 Å². The average molecular weight is 382 g/mol. The Morgan fingerprint density at radius 3 is 2.68 bits per heavy atom. The first-order chi connectivity index (χ1) is 13.4. The van der Waals surface area contributed by atoms with E-state index in [-0.39, 0.29) is 11.2 Å². The molecule has 1 amide bonds. The van der Waals surface area contributed by atoms with Crippen LogP contribution < -0.4 is 10.9 Å². The van der Waals surface area contributed by atoms with Crippen LogP contribution in [0.2, 0.25) is 0 Å². The van der Waals surface area contributed by atoms with E-state index in [4.69, 9.17) is 0 Å². The molecule has 6 nitrogen and oxygen atoms in total. The molecule has 0 aliphatic heterocycles. The topological polar surface area (TPSA) is 68.4 Å². The van der Waals surface area contributed by atoms with E-state index in [9.17, 15) is 18.4 Å². The minimum absolute atomic E-state index is 0.237. The van der Waals surface area contributed by atoms with E-state index in [2.05, 4.69) is 10.3 Å². The lowest BCUT2D eigenvalue weighted by molar-refractivity contribution is -0.119. The summed E-state index contributed by atoms with van der Waals surface area (Å²) in [5.41, 5.74) is 1.10. The summed E-state index contributed by atoms with van der Waals surface area (Å²) in [6.07, 6.45) is 0. The quantitative estimate of drug-likeness (QED) is 0.590. The molecule has 0 saturated heterocycles. The molecule has 0 aliphatic carbocycles. The number of carbonyl (C=O) groups excluding carboxylic acids is 1. The van der Waals surface area contributed by atoms with Crippen LogP contribution in [0.3, 0.4) is 0 Å². The van der Waals surface area contributed by atoms with E-state index >= 15 is 0 Å². The third kappa shape index (κ3) is 2.83. The molecule has 1 N–H and O–H groups in total. The molecule has 0 bridgehead atoms. The Labute approximate surface area is 158 Å². The van der Waals surface area contributed by atoms with E-state index in [0.717, 1.165) is 18.2 Å². The number of aryl methyl sites for hydroxylation is 1. The number of hydrogen-bond acceptors (Lipinski definition) is 3. The molecule has 4 aromatic rings. The summed E-state index contributed by atoms with van der Waals surface area (Å²) in [5.74, 6) is -1.92. The van der Waals surface area contributed by atoms with Crippen LogP contribution >= 0.6 is 0 Å². The van der Waals surface area contributed by atoms with Crippen LogP contribution in [0.4, 0.5) is 14.5 Å². The minimum atomic E-state index is -0.798. The zero-order valence-corrected chi connectivity index (χ0v) is 15.1. The highest BCUT2D eigenvalue weighted by molar-refractivity contribution is 5.97. The molecule has 142 valence electrons. The fraction of sp³-hybridized carbons (Fsp3) is 0.150. The Morgan fingerprint density at radius 1 is 1.14 bits per heavy atom. The number of benzene rings is 2. The molecule has 0 saturated carbocycles. The molecule has 2 aromatic heterocycles. The molecule has 2 aromatic carbocycles. The van der Waals surface area contributed by atoms with Crippen molar-refractivity contribution in [2.24, 2.45) is 0 Å². The summed E-state index contributed by atoms with van der Waals surface area (Å²) in [4.78, 5) is 28.8. The van der Waals surface area contributed by atoms with Gasteiger partial charge >= 0.3 is 0 Å². The zero-order chi connectivity index (χ0) is 20.0. The van der Waals surface area contributed by atoms with Crippen molar-refractivity contribution in [2.75, 3.05) is 5.32 Å². The van der Waals surface area contributed by atoms with Gasteiger partial charge in [0.25, 0.3) is 5.56 Å². The largest absolute Gasteiger partial charge is 0.322 e. The van der Waals surface area contributed by atoms with Gasteiger partial charge in [-0.05, 0) is 38.1 Å². The lowest BCUT2D eigenvalue weighted by Crippen LogP contribution is -2.27. The van der Waals surface area contributed by atoms with Gasteiger partial charge in [0, 0.05) is 23.2 Å². The molecule has 28 heavy (non-hydrogen) atoms. The van der Waals surface area contributed by atoms with E-state index in [0.29, 0.717) is 22.2 Å². The van der Waals surface area contributed by atoms with Crippen LogP contribution in [0.5, 0.6) is 0 Å². The fourth-order valence-electron chi connectivity index (χ4n) is 3.33. The summed E-state index contributed by atoms with van der Waals surface area (Å²) in [6.45, 7) is 3.37. The first-order valence-electron chi connectivity index (χ1n) is 8.62. The predicted molar refractivity (Wildman–Crippen MR) is 101 cm³/mol. The molecule has 2 heterocycles. The molecule has 0 aliphatic rings. The number of rotatable bonds is 3. The van der Waals surface area contributed by atoms with Crippen LogP contribution in [0.1, 0.15) is 18.7 Å². The predicted octanol–water partition coefficient (Wildman–Crippen LogP) is 3.44. The Kier molecular flexibility index (Phi) is 4.18. The fourth-order valence-corrected chi connectivity index (χ4v) is 3.33. The van der Waals surface area contributed by atoms with Gasteiger partial charge < -0.3 is 5.32 Å². The monoisotopic (exact) mass is 382 g/mol. The molecule has 0 unspecified atom stereocenters. The molecule has 0 radical (unpaired) electrons. The average Bonchev–Trinajstić information content (AvgIpc) is 2.99. The van der Waals surface area contributed by atoms with Crippen LogP contribution in [0.25, 0.3) is 16.6 Å². The summed E-state index contributed by atoms with van der Waals surface area (Å²) in [6, 6.07) is 10.7. The Hall–Kier alpha value is -3.55. The number of carbonyl (C=O) groups is 1. The highest BCUT2D eigenvalue weighted by Gasteiger charge is 2.23. The number of nitrogens with one attached hydrogen (secondary N) is 1. The van der Waals surface area contributed by atoms with E-state index in [1.807, 2.05) is 18.2 Å². The summed E-state index contributed by atoms with van der Waals surface area (Å²) < 4.78 is 30.7. The third-order valence-electron chi connectivity index (χ3n) is 4.62. The van der Waals surface area contributed by atoms with Gasteiger partial charge in [-0.3, -0.25) is 14.3 Å². The second-order valence-corrected chi connectivity index (χ2v) is 6.52. The van der Waals surface area contributed by atoms with Gasteiger partial charge in [0.2, 0.25) is 5.91 Å². The maximum absolute atomic E-state index is 13.9. The standard InChI is InChI=1S/C20H16F2N4O2/c1-11-9-18(27)24-19-14-5-3-4-6-17(14)26(25(11)19)12(2)20(28)23-16-10-13(21)7-8-15(16)22/h3-10,12H,1-2H3,(H,23,28)/t12-/m1/s1. The van der Waals surface area contributed by atoms with Gasteiger partial charge in [0.05, 0.1) is 11.2 Å². The number of fused-ring (bicyclic) bond motifs is 3. The molecule has 0 spiro atoms. The number of nitrogens with zero attached hydrogens (tertiary/aromatic N) is 3. The van der Waals surface area contributed by atoms with Gasteiger partial charge in [-0.25, -0.2) is 13.3 Å². The first-order valence-corrected chi connectivity index (χ1v) is 8.62. The smallest absolute Gasteiger partial charge is 0.273 e. The highest BCUT2D eigenvalue weighted by atomic mass is 19.1. The van der Waals surface area contributed by atoms with Gasteiger partial charge in [-0.2, -0.15) is 4.98 Å². The van der Waals surface area contributed by atoms with Crippen molar-refractivity contribution in [2.45, 2.75) is 19.9 Å². The molecule has 0 fully saturated rings. The van der Waals surface area contributed by atoms with Crippen LogP contribution in [-0.4, -0.2) is 20.1 Å².